The van der Waals surface area contributed by atoms with Gasteiger partial charge in [0.05, 0.1) is 18.5 Å². The van der Waals surface area contributed by atoms with E-state index < -0.39 is 17.5 Å². The van der Waals surface area contributed by atoms with Gasteiger partial charge < -0.3 is 25.8 Å². The molecule has 1 aromatic rings. The third-order valence-electron chi connectivity index (χ3n) is 2.43. The normalized spacial score (nSPS) is 10.9. The van der Waals surface area contributed by atoms with Gasteiger partial charge in [0.25, 0.3) is 0 Å². The van der Waals surface area contributed by atoms with Crippen molar-refractivity contribution in [3.63, 3.8) is 0 Å². The minimum Gasteiger partial charge on any atom is -0.495 e. The Morgan fingerprint density at radius 1 is 1.33 bits per heavy atom. The van der Waals surface area contributed by atoms with Crippen molar-refractivity contribution in [3.8, 4) is 5.75 Å². The lowest BCUT2D eigenvalue weighted by molar-refractivity contribution is 0.0530. The summed E-state index contributed by atoms with van der Waals surface area (Å²) in [6.07, 6.45) is -0.514. The molecule has 0 fully saturated rings. The molecule has 0 aliphatic rings. The molecule has 0 heterocycles. The number of nitrogen functional groups attached to an aromatic ring is 1. The summed E-state index contributed by atoms with van der Waals surface area (Å²) >= 11 is 0. The highest BCUT2D eigenvalue weighted by Crippen LogP contribution is 2.27. The summed E-state index contributed by atoms with van der Waals surface area (Å²) in [6.45, 7) is 5.97. The van der Waals surface area contributed by atoms with E-state index in [2.05, 4.69) is 10.6 Å². The average Bonchev–Trinajstić information content (AvgIpc) is 2.34. The second kappa shape index (κ2) is 7.01. The molecule has 1 rings (SSSR count). The number of alkyl carbamates (subject to hydrolysis) is 1. The van der Waals surface area contributed by atoms with E-state index >= 15 is 0 Å². The molecule has 6 nitrogen and oxygen atoms in total. The van der Waals surface area contributed by atoms with E-state index in [0.717, 1.165) is 0 Å². The SMILES string of the molecule is COc1cc(NCCNC(=O)OC(C)(C)C)c(F)cc1N. The molecule has 1 amide bonds. The quantitative estimate of drug-likeness (QED) is 0.574. The van der Waals surface area contributed by atoms with E-state index in [-0.39, 0.29) is 11.4 Å². The highest BCUT2D eigenvalue weighted by Gasteiger charge is 2.15. The number of amides is 1. The van der Waals surface area contributed by atoms with E-state index in [1.807, 2.05) is 0 Å². The molecule has 0 bridgehead atoms. The smallest absolute Gasteiger partial charge is 0.407 e. The van der Waals surface area contributed by atoms with Gasteiger partial charge in [0.2, 0.25) is 0 Å². The Kier molecular flexibility index (Phi) is 5.63. The van der Waals surface area contributed by atoms with Crippen molar-refractivity contribution in [3.05, 3.63) is 17.9 Å². The number of rotatable bonds is 5. The molecular formula is C14H22FN3O3. The van der Waals surface area contributed by atoms with Crippen LogP contribution in [0.2, 0.25) is 0 Å². The summed E-state index contributed by atoms with van der Waals surface area (Å²) in [5.74, 6) is -0.0930. The third kappa shape index (κ3) is 5.76. The van der Waals surface area contributed by atoms with E-state index in [1.54, 1.807) is 20.8 Å². The summed E-state index contributed by atoms with van der Waals surface area (Å²) in [5.41, 5.74) is 5.53. The number of ether oxygens (including phenoxy) is 2. The minimum absolute atomic E-state index is 0.229. The molecule has 21 heavy (non-hydrogen) atoms. The average molecular weight is 299 g/mol. The molecule has 0 unspecified atom stereocenters. The Morgan fingerprint density at radius 3 is 2.57 bits per heavy atom. The highest BCUT2D eigenvalue weighted by atomic mass is 19.1. The molecular weight excluding hydrogens is 277 g/mol. The summed E-state index contributed by atoms with van der Waals surface area (Å²) in [6, 6.07) is 2.65. The Balaban J connectivity index is 2.45. The lowest BCUT2D eigenvalue weighted by Crippen LogP contribution is -2.35. The molecule has 0 radical (unpaired) electrons. The van der Waals surface area contributed by atoms with Crippen molar-refractivity contribution in [2.45, 2.75) is 26.4 Å². The number of methoxy groups -OCH3 is 1. The zero-order chi connectivity index (χ0) is 16.0. The predicted molar refractivity (Wildman–Crippen MR) is 80.1 cm³/mol. The van der Waals surface area contributed by atoms with E-state index in [9.17, 15) is 9.18 Å². The lowest BCUT2D eigenvalue weighted by atomic mass is 10.2. The predicted octanol–water partition coefficient (Wildman–Crippen LogP) is 2.35. The topological polar surface area (TPSA) is 85.6 Å². The number of carbonyl (C=O) groups is 1. The van der Waals surface area contributed by atoms with Crippen LogP contribution in [0.5, 0.6) is 5.75 Å². The van der Waals surface area contributed by atoms with Crippen LogP contribution < -0.4 is 21.1 Å². The van der Waals surface area contributed by atoms with Gasteiger partial charge in [0.15, 0.2) is 0 Å². The fourth-order valence-corrected chi connectivity index (χ4v) is 1.56. The van der Waals surface area contributed by atoms with Crippen LogP contribution in [0.15, 0.2) is 12.1 Å². The Bertz CT molecular complexity index is 501. The number of benzene rings is 1. The number of carbonyl (C=O) groups excluding carboxylic acids is 1. The lowest BCUT2D eigenvalue weighted by Gasteiger charge is -2.19. The van der Waals surface area contributed by atoms with Crippen LogP contribution in [0.25, 0.3) is 0 Å². The summed E-state index contributed by atoms with van der Waals surface area (Å²) in [4.78, 5) is 11.4. The summed E-state index contributed by atoms with van der Waals surface area (Å²) < 4.78 is 23.8. The van der Waals surface area contributed by atoms with Crippen LogP contribution in [-0.2, 0) is 4.74 Å². The van der Waals surface area contributed by atoms with Crippen molar-refractivity contribution in [1.82, 2.24) is 5.32 Å². The number of hydrogen-bond acceptors (Lipinski definition) is 5. The Hall–Kier alpha value is -2.18. The molecule has 4 N–H and O–H groups in total. The van der Waals surface area contributed by atoms with Crippen LogP contribution in [0.1, 0.15) is 20.8 Å². The van der Waals surface area contributed by atoms with Gasteiger partial charge in [-0.05, 0) is 20.8 Å². The standard InChI is InChI=1S/C14H22FN3O3/c1-14(2,3)21-13(19)18-6-5-17-11-8-12(20-4)10(16)7-9(11)15/h7-8,17H,5-6,16H2,1-4H3,(H,18,19). The van der Waals surface area contributed by atoms with Crippen molar-refractivity contribution in [1.29, 1.82) is 0 Å². The maximum Gasteiger partial charge on any atom is 0.407 e. The number of hydrogen-bond donors (Lipinski definition) is 3. The van der Waals surface area contributed by atoms with Gasteiger partial charge in [0, 0.05) is 25.2 Å². The largest absolute Gasteiger partial charge is 0.495 e. The van der Waals surface area contributed by atoms with E-state index in [0.29, 0.717) is 18.8 Å². The number of nitrogens with one attached hydrogen (secondary N) is 2. The van der Waals surface area contributed by atoms with E-state index in [1.165, 1.54) is 19.2 Å². The van der Waals surface area contributed by atoms with Gasteiger partial charge in [-0.1, -0.05) is 0 Å². The first-order chi connectivity index (χ1) is 9.73. The molecule has 0 aliphatic heterocycles. The Labute approximate surface area is 123 Å². The zero-order valence-corrected chi connectivity index (χ0v) is 12.7. The van der Waals surface area contributed by atoms with E-state index in [4.69, 9.17) is 15.2 Å². The number of halogens is 1. The van der Waals surface area contributed by atoms with Crippen molar-refractivity contribution >= 4 is 17.5 Å². The zero-order valence-electron chi connectivity index (χ0n) is 12.7. The molecule has 0 saturated heterocycles. The van der Waals surface area contributed by atoms with Gasteiger partial charge in [-0.25, -0.2) is 9.18 Å². The molecule has 1 aromatic carbocycles. The summed E-state index contributed by atoms with van der Waals surface area (Å²) in [5, 5.41) is 5.42. The first-order valence-electron chi connectivity index (χ1n) is 6.56. The van der Waals surface area contributed by atoms with Gasteiger partial charge in [-0.3, -0.25) is 0 Å². The van der Waals surface area contributed by atoms with Crippen LogP contribution >= 0.6 is 0 Å². The first kappa shape index (κ1) is 16.9. The maximum atomic E-state index is 13.7. The van der Waals surface area contributed by atoms with Gasteiger partial charge in [-0.2, -0.15) is 0 Å². The highest BCUT2D eigenvalue weighted by molar-refractivity contribution is 5.67. The number of nitrogens with two attached hydrogens (primary N) is 1. The third-order valence-corrected chi connectivity index (χ3v) is 2.43. The monoisotopic (exact) mass is 299 g/mol. The molecule has 0 aromatic heterocycles. The Morgan fingerprint density at radius 2 is 2.00 bits per heavy atom. The number of anilines is 2. The molecule has 7 heteroatoms. The van der Waals surface area contributed by atoms with Gasteiger partial charge >= 0.3 is 6.09 Å². The fraction of sp³-hybridized carbons (Fsp3) is 0.500. The van der Waals surface area contributed by atoms with Gasteiger partial charge in [-0.15, -0.1) is 0 Å². The van der Waals surface area contributed by atoms with Crippen molar-refractivity contribution < 1.29 is 18.7 Å². The van der Waals surface area contributed by atoms with Crippen LogP contribution in [0.4, 0.5) is 20.6 Å². The molecule has 0 saturated carbocycles. The van der Waals surface area contributed by atoms with Gasteiger partial charge in [0.1, 0.15) is 17.2 Å². The molecule has 118 valence electrons. The van der Waals surface area contributed by atoms with Crippen LogP contribution in [0.3, 0.4) is 0 Å². The van der Waals surface area contributed by atoms with Crippen LogP contribution in [0, 0.1) is 5.82 Å². The van der Waals surface area contributed by atoms with Crippen LogP contribution in [-0.4, -0.2) is 31.9 Å². The fourth-order valence-electron chi connectivity index (χ4n) is 1.56. The summed E-state index contributed by atoms with van der Waals surface area (Å²) in [7, 11) is 1.46. The second-order valence-corrected chi connectivity index (χ2v) is 5.43. The van der Waals surface area contributed by atoms with Crippen molar-refractivity contribution in [2.75, 3.05) is 31.2 Å². The molecule has 0 spiro atoms. The molecule has 0 aliphatic carbocycles. The molecule has 0 atom stereocenters. The second-order valence-electron chi connectivity index (χ2n) is 5.43. The first-order valence-corrected chi connectivity index (χ1v) is 6.56. The maximum absolute atomic E-state index is 13.7. The minimum atomic E-state index is -0.548. The van der Waals surface area contributed by atoms with Crippen molar-refractivity contribution in [2.24, 2.45) is 0 Å².